The van der Waals surface area contributed by atoms with E-state index in [-0.39, 0.29) is 28.0 Å². The summed E-state index contributed by atoms with van der Waals surface area (Å²) in [5.41, 5.74) is 1.99. The number of aliphatic hydroxyl groups is 1. The van der Waals surface area contributed by atoms with Crippen molar-refractivity contribution in [3.63, 3.8) is 0 Å². The predicted octanol–water partition coefficient (Wildman–Crippen LogP) is 3.89. The molecule has 1 saturated heterocycles. The normalized spacial score (nSPS) is 18.1. The van der Waals surface area contributed by atoms with E-state index in [1.165, 1.54) is 4.57 Å². The Morgan fingerprint density at radius 1 is 1.00 bits per heavy atom. The van der Waals surface area contributed by atoms with Crippen LogP contribution in [-0.2, 0) is 15.1 Å². The van der Waals surface area contributed by atoms with Gasteiger partial charge in [-0.25, -0.2) is 0 Å². The van der Waals surface area contributed by atoms with E-state index in [9.17, 15) is 9.90 Å². The van der Waals surface area contributed by atoms with Crippen LogP contribution in [0, 0.1) is 18.3 Å². The van der Waals surface area contributed by atoms with E-state index >= 15 is 0 Å². The quantitative estimate of drug-likeness (QED) is 0.138. The van der Waals surface area contributed by atoms with E-state index < -0.39 is 29.7 Å². The topological polar surface area (TPSA) is 116 Å². The number of ether oxygens (including phenoxy) is 4. The second kappa shape index (κ2) is 14.2. The van der Waals surface area contributed by atoms with E-state index in [0.717, 1.165) is 38.3 Å². The molecule has 9 nitrogen and oxygen atoms in total. The van der Waals surface area contributed by atoms with Crippen LogP contribution in [0.25, 0.3) is 0 Å². The van der Waals surface area contributed by atoms with Crippen LogP contribution >= 0.6 is 0 Å². The van der Waals surface area contributed by atoms with E-state index in [0.29, 0.717) is 11.7 Å². The Morgan fingerprint density at radius 3 is 2.16 bits per heavy atom. The molecule has 1 N–H and O–H groups in total. The molecule has 5 rings (SSSR count). The van der Waals surface area contributed by atoms with Crippen LogP contribution < -0.4 is 19.8 Å². The first-order valence-corrected chi connectivity index (χ1v) is 16.4. The van der Waals surface area contributed by atoms with Gasteiger partial charge < -0.3 is 9.47 Å². The average Bonchev–Trinajstić information content (AvgIpc) is 3.43. The van der Waals surface area contributed by atoms with Gasteiger partial charge in [0.2, 0.25) is 0 Å². The minimum atomic E-state index is -1.07. The summed E-state index contributed by atoms with van der Waals surface area (Å²) in [7, 11) is 3.25. The van der Waals surface area contributed by atoms with Gasteiger partial charge in [0, 0.05) is 0 Å². The first kappa shape index (κ1) is 31.5. The van der Waals surface area contributed by atoms with Gasteiger partial charge in [-0.3, -0.25) is 0 Å². The van der Waals surface area contributed by atoms with Crippen LogP contribution in [0.1, 0.15) is 41.3 Å². The smallest absolute Gasteiger partial charge is 0.497 e. The second-order valence-corrected chi connectivity index (χ2v) is 12.7. The third kappa shape index (κ3) is 6.58. The number of aryl methyl sites for hydroxylation is 1. The zero-order chi connectivity index (χ0) is 31.1. The third-order valence-corrected chi connectivity index (χ3v) is 9.99. The van der Waals surface area contributed by atoms with Crippen LogP contribution in [-0.4, -0.2) is 62.6 Å². The van der Waals surface area contributed by atoms with Crippen molar-refractivity contribution in [2.24, 2.45) is 0 Å². The molecule has 228 valence electrons. The van der Waals surface area contributed by atoms with Crippen molar-refractivity contribution in [2.45, 2.75) is 49.1 Å². The molecular formula is C34H35N3O6Se. The summed E-state index contributed by atoms with van der Waals surface area (Å²) in [6.07, 6.45) is 0.130. The molecule has 10 heteroatoms. The summed E-state index contributed by atoms with van der Waals surface area (Å²) in [6.45, 7) is 1.94. The Balaban J connectivity index is 1.47. The molecule has 0 bridgehead atoms. The van der Waals surface area contributed by atoms with Gasteiger partial charge in [-0.05, 0) is 24.3 Å². The maximum absolute atomic E-state index is 13.0. The van der Waals surface area contributed by atoms with E-state index in [2.05, 4.69) is 11.1 Å². The van der Waals surface area contributed by atoms with Crippen LogP contribution in [0.4, 0.5) is 0 Å². The van der Waals surface area contributed by atoms with Crippen molar-refractivity contribution in [3.05, 3.63) is 118 Å². The molecule has 0 radical (unpaired) electrons. The van der Waals surface area contributed by atoms with Gasteiger partial charge in [0.1, 0.15) is 11.5 Å². The molecule has 4 aromatic rings. The first-order valence-electron chi connectivity index (χ1n) is 14.3. The Bertz CT molecular complexity index is 1590. The zero-order valence-electron chi connectivity index (χ0n) is 24.9. The molecule has 1 aliphatic rings. The molecule has 3 aromatic carbocycles. The summed E-state index contributed by atoms with van der Waals surface area (Å²) >= 11 is -0.0613. The number of hydrogen-bond acceptors (Lipinski definition) is 8. The minimum Gasteiger partial charge on any atom is -0.497 e. The van der Waals surface area contributed by atoms with E-state index in [1.54, 1.807) is 20.4 Å². The number of aliphatic hydroxyl groups excluding tert-OH is 1. The summed E-state index contributed by atoms with van der Waals surface area (Å²) in [4.78, 5) is 17.3. The number of rotatable bonds is 12. The summed E-state index contributed by atoms with van der Waals surface area (Å²) in [5.74, 6) is 1.43. The van der Waals surface area contributed by atoms with Crippen molar-refractivity contribution >= 4 is 19.5 Å². The van der Waals surface area contributed by atoms with Crippen molar-refractivity contribution < 1.29 is 24.1 Å². The first-order chi connectivity index (χ1) is 21.4. The third-order valence-electron chi connectivity index (χ3n) is 7.69. The van der Waals surface area contributed by atoms with Gasteiger partial charge >= 0.3 is 186 Å². The Hall–Kier alpha value is -3.97. The zero-order valence-corrected chi connectivity index (χ0v) is 26.6. The van der Waals surface area contributed by atoms with Gasteiger partial charge in [0.25, 0.3) is 0 Å². The van der Waals surface area contributed by atoms with Gasteiger partial charge in [-0.15, -0.1) is 0 Å². The second-order valence-electron chi connectivity index (χ2n) is 10.4. The standard InChI is InChI=1S/C34H35N3O6Se/c1-23-21-37(33(39)36-32(23)44-19-7-18-35)31-20-29(38)30(43-31)22-42-34(24-8-5-4-6-9-24,25-10-14-27(40-2)15-11-25)26-12-16-28(41-3)17-13-26/h4-6,8-17,21,29-31,38H,7,19-20,22H2,1-3H3/t29-,30+,31+/m0/s1. The van der Waals surface area contributed by atoms with Crippen LogP contribution in [0.3, 0.4) is 0 Å². The Morgan fingerprint density at radius 2 is 1.59 bits per heavy atom. The van der Waals surface area contributed by atoms with Gasteiger partial charge in [-0.2, -0.15) is 0 Å². The van der Waals surface area contributed by atoms with E-state index in [4.69, 9.17) is 24.2 Å². The fraction of sp³-hybridized carbons (Fsp3) is 0.324. The van der Waals surface area contributed by atoms with Crippen LogP contribution in [0.5, 0.6) is 11.5 Å². The number of methoxy groups -OCH3 is 2. The average molecular weight is 661 g/mol. The predicted molar refractivity (Wildman–Crippen MR) is 166 cm³/mol. The monoisotopic (exact) mass is 661 g/mol. The molecule has 1 aromatic heterocycles. The van der Waals surface area contributed by atoms with Gasteiger partial charge in [-0.1, -0.05) is 18.2 Å². The summed E-state index contributed by atoms with van der Waals surface area (Å²) in [5, 5.41) is 20.7. The van der Waals surface area contributed by atoms with E-state index in [1.807, 2.05) is 85.8 Å². The van der Waals surface area contributed by atoms with Crippen molar-refractivity contribution in [2.75, 3.05) is 20.8 Å². The van der Waals surface area contributed by atoms with Crippen LogP contribution in [0.2, 0.25) is 5.32 Å². The molecule has 1 aliphatic heterocycles. The molecule has 1 fully saturated rings. The molecular weight excluding hydrogens is 625 g/mol. The molecule has 2 heterocycles. The molecule has 0 aliphatic carbocycles. The Labute approximate surface area is 263 Å². The summed E-state index contributed by atoms with van der Waals surface area (Å²) < 4.78 is 26.2. The number of aromatic nitrogens is 2. The number of benzene rings is 3. The Kier molecular flexibility index (Phi) is 10.2. The van der Waals surface area contributed by atoms with Gasteiger partial charge in [0.15, 0.2) is 0 Å². The number of nitrogens with zero attached hydrogens (tertiary/aromatic N) is 3. The summed E-state index contributed by atoms with van der Waals surface area (Å²) in [6, 6.07) is 27.5. The fourth-order valence-electron chi connectivity index (χ4n) is 5.41. The molecule has 0 saturated carbocycles. The fourth-order valence-corrected chi connectivity index (χ4v) is 7.11. The number of hydrogen-bond donors (Lipinski definition) is 1. The molecule has 44 heavy (non-hydrogen) atoms. The SMILES string of the molecule is COc1ccc(C(OC[C@H]2O[C@@H](n3cc(C)c([Se]CCC#N)nc3=O)C[C@@H]2O)(c2ccccc2)c2ccc(OC)cc2)cc1. The molecule has 0 unspecified atom stereocenters. The molecule has 0 amide bonds. The van der Waals surface area contributed by atoms with Gasteiger partial charge in [0.05, 0.1) is 14.2 Å². The van der Waals surface area contributed by atoms with Crippen molar-refractivity contribution in [1.82, 2.24) is 9.55 Å². The minimum absolute atomic E-state index is 0.0428. The molecule has 3 atom stereocenters. The number of nitriles is 1. The van der Waals surface area contributed by atoms with Crippen LogP contribution in [0.15, 0.2) is 89.9 Å². The molecule has 0 spiro atoms. The van der Waals surface area contributed by atoms with Crippen molar-refractivity contribution in [1.29, 1.82) is 5.26 Å². The maximum atomic E-state index is 13.0. The van der Waals surface area contributed by atoms with Crippen molar-refractivity contribution in [3.8, 4) is 17.6 Å².